The Bertz CT molecular complexity index is 1530. The van der Waals surface area contributed by atoms with E-state index in [2.05, 4.69) is 16.2 Å². The molecule has 38 heavy (non-hydrogen) atoms. The van der Waals surface area contributed by atoms with Gasteiger partial charge in [0.25, 0.3) is 5.91 Å². The highest BCUT2D eigenvalue weighted by Crippen LogP contribution is 2.39. The standard InChI is InChI=1S/C26H25N3O6S3/c1-4-11-29-17-10-9-15(24(32)35-5-2)12-19(17)38-26(29)28-21(31)14-36-13-20(30)27-23-22(25(33)34-3)16-7-6-8-18(16)37-23/h1,9-10,12H,5-8,11,13-14H2,2-3H3,(H,27,30). The normalized spacial score (nSPS) is 12.7. The minimum absolute atomic E-state index is 0.0173. The number of benzene rings is 1. The van der Waals surface area contributed by atoms with Gasteiger partial charge in [-0.2, -0.15) is 4.99 Å². The molecule has 0 bridgehead atoms. The second kappa shape index (κ2) is 12.4. The molecule has 4 rings (SSSR count). The summed E-state index contributed by atoms with van der Waals surface area (Å²) in [6.07, 6.45) is 8.17. The zero-order valence-corrected chi connectivity index (χ0v) is 23.3. The number of nitrogens with one attached hydrogen (secondary N) is 1. The number of rotatable bonds is 9. The largest absolute Gasteiger partial charge is 0.465 e. The average molecular weight is 572 g/mol. The van der Waals surface area contributed by atoms with Gasteiger partial charge in [-0.15, -0.1) is 29.5 Å². The summed E-state index contributed by atoms with van der Waals surface area (Å²) in [6.45, 7) is 2.21. The van der Waals surface area contributed by atoms with Crippen LogP contribution in [0.25, 0.3) is 10.2 Å². The first-order valence-electron chi connectivity index (χ1n) is 11.8. The van der Waals surface area contributed by atoms with Gasteiger partial charge in [0.15, 0.2) is 4.80 Å². The zero-order chi connectivity index (χ0) is 27.2. The minimum Gasteiger partial charge on any atom is -0.465 e. The molecule has 1 aliphatic rings. The van der Waals surface area contributed by atoms with E-state index in [0.717, 1.165) is 51.7 Å². The highest BCUT2D eigenvalue weighted by atomic mass is 32.2. The van der Waals surface area contributed by atoms with E-state index in [1.54, 1.807) is 29.7 Å². The number of fused-ring (bicyclic) bond motifs is 2. The van der Waals surface area contributed by atoms with Crippen molar-refractivity contribution in [2.75, 3.05) is 30.5 Å². The smallest absolute Gasteiger partial charge is 0.341 e. The molecule has 3 aromatic rings. The lowest BCUT2D eigenvalue weighted by Gasteiger charge is -2.06. The first kappa shape index (κ1) is 27.6. The number of methoxy groups -OCH3 is 1. The summed E-state index contributed by atoms with van der Waals surface area (Å²) in [5.74, 6) is 0.938. The van der Waals surface area contributed by atoms with Crippen LogP contribution < -0.4 is 10.1 Å². The Hall–Kier alpha value is -3.40. The van der Waals surface area contributed by atoms with Crippen molar-refractivity contribution in [2.45, 2.75) is 32.7 Å². The first-order valence-corrected chi connectivity index (χ1v) is 14.6. The fourth-order valence-corrected chi connectivity index (χ4v) is 7.07. The van der Waals surface area contributed by atoms with Crippen molar-refractivity contribution in [1.82, 2.24) is 4.57 Å². The van der Waals surface area contributed by atoms with Gasteiger partial charge < -0.3 is 19.4 Å². The Morgan fingerprint density at radius 2 is 2.00 bits per heavy atom. The summed E-state index contributed by atoms with van der Waals surface area (Å²) in [7, 11) is 1.32. The third kappa shape index (κ3) is 6.01. The lowest BCUT2D eigenvalue weighted by atomic mass is 10.1. The van der Waals surface area contributed by atoms with E-state index < -0.39 is 17.8 Å². The van der Waals surface area contributed by atoms with E-state index in [-0.39, 0.29) is 30.6 Å². The molecule has 12 heteroatoms. The summed E-state index contributed by atoms with van der Waals surface area (Å²) in [5.41, 5.74) is 2.54. The van der Waals surface area contributed by atoms with Gasteiger partial charge in [-0.05, 0) is 49.9 Å². The van der Waals surface area contributed by atoms with Crippen LogP contribution in [0.4, 0.5) is 5.00 Å². The molecule has 0 saturated heterocycles. The molecule has 0 fully saturated rings. The molecule has 9 nitrogen and oxygen atoms in total. The number of thioether (sulfide) groups is 1. The predicted molar refractivity (Wildman–Crippen MR) is 149 cm³/mol. The SMILES string of the molecule is C#CCn1c(=NC(=O)CSCC(=O)Nc2sc3c(c2C(=O)OC)CCC3)sc2cc(C(=O)OCC)ccc21. The van der Waals surface area contributed by atoms with Gasteiger partial charge in [0.1, 0.15) is 5.00 Å². The second-order valence-electron chi connectivity index (χ2n) is 8.18. The molecule has 1 aliphatic carbocycles. The number of anilines is 1. The van der Waals surface area contributed by atoms with E-state index >= 15 is 0 Å². The Balaban J connectivity index is 1.42. The van der Waals surface area contributed by atoms with Crippen molar-refractivity contribution in [3.63, 3.8) is 0 Å². The van der Waals surface area contributed by atoms with Crippen LogP contribution >= 0.6 is 34.4 Å². The second-order valence-corrected chi connectivity index (χ2v) is 11.3. The number of esters is 2. The highest BCUT2D eigenvalue weighted by Gasteiger charge is 2.28. The van der Waals surface area contributed by atoms with Crippen LogP contribution in [0.15, 0.2) is 23.2 Å². The Morgan fingerprint density at radius 1 is 1.18 bits per heavy atom. The van der Waals surface area contributed by atoms with E-state index in [0.29, 0.717) is 20.9 Å². The predicted octanol–water partition coefficient (Wildman–Crippen LogP) is 3.65. The minimum atomic E-state index is -0.459. The molecule has 0 saturated carbocycles. The van der Waals surface area contributed by atoms with Crippen molar-refractivity contribution in [2.24, 2.45) is 4.99 Å². The van der Waals surface area contributed by atoms with Crippen molar-refractivity contribution < 1.29 is 28.7 Å². The van der Waals surface area contributed by atoms with Crippen molar-refractivity contribution in [3.05, 3.63) is 44.6 Å². The molecule has 2 amide bonds. The van der Waals surface area contributed by atoms with Gasteiger partial charge in [-0.1, -0.05) is 17.3 Å². The molecule has 0 unspecified atom stereocenters. The third-order valence-corrected chi connectivity index (χ3v) is 8.85. The van der Waals surface area contributed by atoms with Crippen LogP contribution in [-0.2, 0) is 38.4 Å². The van der Waals surface area contributed by atoms with Crippen molar-refractivity contribution >= 4 is 73.4 Å². The quantitative estimate of drug-likeness (QED) is 0.308. The maximum absolute atomic E-state index is 12.6. The molecule has 1 N–H and O–H groups in total. The molecule has 0 aliphatic heterocycles. The van der Waals surface area contributed by atoms with Gasteiger partial charge in [-0.25, -0.2) is 9.59 Å². The van der Waals surface area contributed by atoms with Crippen molar-refractivity contribution in [3.8, 4) is 12.3 Å². The molecule has 2 aromatic heterocycles. The van der Waals surface area contributed by atoms with E-state index in [1.165, 1.54) is 29.8 Å². The fourth-order valence-electron chi connectivity index (χ4n) is 4.09. The molecular formula is C26H25N3O6S3. The summed E-state index contributed by atoms with van der Waals surface area (Å²) >= 11 is 3.77. The number of carbonyl (C=O) groups is 4. The van der Waals surface area contributed by atoms with Crippen LogP contribution in [0.1, 0.15) is 44.5 Å². The highest BCUT2D eigenvalue weighted by molar-refractivity contribution is 8.00. The number of nitrogens with zero attached hydrogens (tertiary/aromatic N) is 2. The summed E-state index contributed by atoms with van der Waals surface area (Å²) in [4.78, 5) is 55.2. The Morgan fingerprint density at radius 3 is 2.74 bits per heavy atom. The molecule has 2 heterocycles. The topological polar surface area (TPSA) is 116 Å². The average Bonchev–Trinajstić information content (AvgIpc) is 3.57. The maximum atomic E-state index is 12.6. The summed E-state index contributed by atoms with van der Waals surface area (Å²) < 4.78 is 12.4. The number of hydrogen-bond donors (Lipinski definition) is 1. The molecule has 0 spiro atoms. The molecule has 1 aromatic carbocycles. The van der Waals surface area contributed by atoms with Crippen LogP contribution in [-0.4, -0.2) is 53.5 Å². The fraction of sp³-hybridized carbons (Fsp3) is 0.346. The monoisotopic (exact) mass is 571 g/mol. The van der Waals surface area contributed by atoms with E-state index in [4.69, 9.17) is 15.9 Å². The lowest BCUT2D eigenvalue weighted by Crippen LogP contribution is -2.19. The van der Waals surface area contributed by atoms with E-state index in [1.807, 2.05) is 0 Å². The number of thiophene rings is 1. The van der Waals surface area contributed by atoms with Crippen LogP contribution in [0.2, 0.25) is 0 Å². The lowest BCUT2D eigenvalue weighted by molar-refractivity contribution is -0.115. The van der Waals surface area contributed by atoms with Gasteiger partial charge >= 0.3 is 11.9 Å². The number of aryl methyl sites for hydroxylation is 1. The summed E-state index contributed by atoms with van der Waals surface area (Å²) in [6, 6.07) is 5.09. The van der Waals surface area contributed by atoms with Gasteiger partial charge in [0, 0.05) is 4.88 Å². The number of amides is 2. The Kier molecular flexibility index (Phi) is 9.04. The van der Waals surface area contributed by atoms with Crippen molar-refractivity contribution in [1.29, 1.82) is 0 Å². The number of ether oxygens (including phenoxy) is 2. The van der Waals surface area contributed by atoms with Gasteiger partial charge in [0.2, 0.25) is 5.91 Å². The van der Waals surface area contributed by atoms with Gasteiger partial charge in [-0.3, -0.25) is 9.59 Å². The number of carbonyl (C=O) groups excluding carboxylic acids is 4. The maximum Gasteiger partial charge on any atom is 0.341 e. The first-order chi connectivity index (χ1) is 18.4. The van der Waals surface area contributed by atoms with E-state index in [9.17, 15) is 19.2 Å². The zero-order valence-electron chi connectivity index (χ0n) is 20.8. The van der Waals surface area contributed by atoms with Gasteiger partial charge in [0.05, 0.1) is 53.1 Å². The van der Waals surface area contributed by atoms with Crippen LogP contribution in [0.5, 0.6) is 0 Å². The number of terminal acetylenes is 1. The molecule has 0 radical (unpaired) electrons. The molecule has 198 valence electrons. The van der Waals surface area contributed by atoms with Crippen LogP contribution in [0, 0.1) is 12.3 Å². The third-order valence-electron chi connectivity index (χ3n) is 5.69. The number of aromatic nitrogens is 1. The molecule has 0 atom stereocenters. The number of thiazole rings is 1. The molecular weight excluding hydrogens is 547 g/mol. The van der Waals surface area contributed by atoms with Crippen LogP contribution in [0.3, 0.4) is 0 Å². The number of hydrogen-bond acceptors (Lipinski definition) is 9. The summed E-state index contributed by atoms with van der Waals surface area (Å²) in [5, 5.41) is 3.29. The Labute approximate surface area is 231 Å².